The Balaban J connectivity index is 1.75. The zero-order valence-electron chi connectivity index (χ0n) is 23.4. The molecule has 0 saturated heterocycles. The van der Waals surface area contributed by atoms with Crippen LogP contribution in [0.4, 0.5) is 5.69 Å². The quantitative estimate of drug-likeness (QED) is 0.310. The van der Waals surface area contributed by atoms with Crippen molar-refractivity contribution >= 4 is 50.7 Å². The molecule has 0 bridgehead atoms. The van der Waals surface area contributed by atoms with E-state index in [9.17, 15) is 18.0 Å². The summed E-state index contributed by atoms with van der Waals surface area (Å²) in [6.07, 6.45) is 0.213. The molecule has 0 saturated carbocycles. The van der Waals surface area contributed by atoms with E-state index in [-0.39, 0.29) is 30.3 Å². The topological polar surface area (TPSA) is 105 Å². The number of carbonyl (C=O) groups is 2. The summed E-state index contributed by atoms with van der Waals surface area (Å²) in [5, 5.41) is 3.47. The number of benzene rings is 3. The molecular weight excluding hydrogens is 601 g/mol. The van der Waals surface area contributed by atoms with Gasteiger partial charge < -0.3 is 19.7 Å². The summed E-state index contributed by atoms with van der Waals surface area (Å²) in [6, 6.07) is 18.1. The number of halogens is 2. The van der Waals surface area contributed by atoms with E-state index >= 15 is 0 Å². The van der Waals surface area contributed by atoms with Gasteiger partial charge in [-0.3, -0.25) is 13.9 Å². The molecule has 0 radical (unpaired) electrons. The van der Waals surface area contributed by atoms with Crippen LogP contribution in [0.2, 0.25) is 10.0 Å². The smallest absolute Gasteiger partial charge is 0.244 e. The third kappa shape index (κ3) is 7.67. The summed E-state index contributed by atoms with van der Waals surface area (Å²) in [6.45, 7) is 3.81. The second-order valence-corrected chi connectivity index (χ2v) is 12.6. The van der Waals surface area contributed by atoms with Crippen LogP contribution < -0.4 is 19.1 Å². The lowest BCUT2D eigenvalue weighted by Gasteiger charge is -2.34. The Bertz CT molecular complexity index is 1520. The van der Waals surface area contributed by atoms with Gasteiger partial charge in [0.2, 0.25) is 21.8 Å². The molecule has 0 aromatic heterocycles. The number of nitrogens with one attached hydrogen (secondary N) is 1. The number of carbonyl (C=O) groups excluding carboxylic acids is 2. The van der Waals surface area contributed by atoms with Crippen LogP contribution in [0, 0.1) is 0 Å². The van der Waals surface area contributed by atoms with E-state index in [1.54, 1.807) is 43.3 Å². The summed E-state index contributed by atoms with van der Waals surface area (Å²) in [5.41, 5.74) is 1.72. The first kappa shape index (κ1) is 31.5. The summed E-state index contributed by atoms with van der Waals surface area (Å²) in [4.78, 5) is 29.1. The number of hydrogen-bond acceptors (Lipinski definition) is 6. The van der Waals surface area contributed by atoms with Crippen LogP contribution >= 0.6 is 23.2 Å². The van der Waals surface area contributed by atoms with Crippen molar-refractivity contribution in [3.63, 3.8) is 0 Å². The largest absolute Gasteiger partial charge is 0.486 e. The maximum atomic E-state index is 14.2. The normalized spacial score (nSPS) is 13.2. The molecule has 1 atom stereocenters. The SMILES string of the molecule is CCNC(=O)[C@@H](Cc1ccccc1)N(Cc1ccc(Cl)c(Cl)c1)C(=O)CN(c1ccc2c(c1)OCCO2)S(=O)(=O)CC. The number of rotatable bonds is 12. The molecule has 1 heterocycles. The van der Waals surface area contributed by atoms with Gasteiger partial charge >= 0.3 is 0 Å². The summed E-state index contributed by atoms with van der Waals surface area (Å²) >= 11 is 12.4. The molecule has 12 heteroatoms. The van der Waals surface area contributed by atoms with E-state index in [0.29, 0.717) is 46.9 Å². The van der Waals surface area contributed by atoms with E-state index in [2.05, 4.69) is 5.32 Å². The van der Waals surface area contributed by atoms with Crippen molar-refractivity contribution in [2.45, 2.75) is 32.9 Å². The third-order valence-electron chi connectivity index (χ3n) is 6.75. The van der Waals surface area contributed by atoms with Gasteiger partial charge in [0, 0.05) is 25.6 Å². The predicted octanol–water partition coefficient (Wildman–Crippen LogP) is 4.70. The predicted molar refractivity (Wildman–Crippen MR) is 164 cm³/mol. The fourth-order valence-corrected chi connectivity index (χ4v) is 5.96. The third-order valence-corrected chi connectivity index (χ3v) is 9.23. The fourth-order valence-electron chi connectivity index (χ4n) is 4.59. The van der Waals surface area contributed by atoms with Crippen molar-refractivity contribution in [1.82, 2.24) is 10.2 Å². The zero-order valence-corrected chi connectivity index (χ0v) is 25.7. The van der Waals surface area contributed by atoms with Gasteiger partial charge in [-0.2, -0.15) is 0 Å². The molecule has 3 aromatic rings. The number of fused-ring (bicyclic) bond motifs is 1. The van der Waals surface area contributed by atoms with Crippen molar-refractivity contribution in [1.29, 1.82) is 0 Å². The van der Waals surface area contributed by atoms with Gasteiger partial charge in [-0.25, -0.2) is 8.42 Å². The molecule has 2 amide bonds. The van der Waals surface area contributed by atoms with Crippen LogP contribution in [0.5, 0.6) is 11.5 Å². The summed E-state index contributed by atoms with van der Waals surface area (Å²) < 4.78 is 39.0. The van der Waals surface area contributed by atoms with Crippen molar-refractivity contribution in [3.05, 3.63) is 87.9 Å². The van der Waals surface area contributed by atoms with Gasteiger partial charge in [0.15, 0.2) is 11.5 Å². The van der Waals surface area contributed by atoms with Gasteiger partial charge in [0.05, 0.1) is 21.5 Å². The standard InChI is InChI=1S/C30H33Cl2N3O6S/c1-3-33-30(37)26(17-21-8-6-5-7-9-21)34(19-22-10-12-24(31)25(32)16-22)29(36)20-35(42(38,39)4-2)23-11-13-27-28(18-23)41-15-14-40-27/h5-13,16,18,26H,3-4,14-15,17,19-20H2,1-2H3,(H,33,37)/t26-/m1/s1. The first-order chi connectivity index (χ1) is 20.1. The molecule has 4 rings (SSSR count). The van der Waals surface area contributed by atoms with E-state index in [0.717, 1.165) is 9.87 Å². The van der Waals surface area contributed by atoms with E-state index in [4.69, 9.17) is 32.7 Å². The lowest BCUT2D eigenvalue weighted by molar-refractivity contribution is -0.140. The number of hydrogen-bond donors (Lipinski definition) is 1. The molecule has 0 spiro atoms. The van der Waals surface area contributed by atoms with Crippen LogP contribution in [-0.4, -0.2) is 63.2 Å². The number of sulfonamides is 1. The average Bonchev–Trinajstić information content (AvgIpc) is 2.99. The minimum atomic E-state index is -3.92. The molecule has 1 N–H and O–H groups in total. The van der Waals surface area contributed by atoms with Gasteiger partial charge in [0.1, 0.15) is 25.8 Å². The molecule has 3 aromatic carbocycles. The highest BCUT2D eigenvalue weighted by Crippen LogP contribution is 2.35. The van der Waals surface area contributed by atoms with E-state index in [1.165, 1.54) is 11.8 Å². The van der Waals surface area contributed by atoms with Gasteiger partial charge in [0.25, 0.3) is 0 Å². The van der Waals surface area contributed by atoms with Crippen LogP contribution in [0.1, 0.15) is 25.0 Å². The molecule has 0 fully saturated rings. The van der Waals surface area contributed by atoms with E-state index in [1.807, 2.05) is 30.3 Å². The average molecular weight is 635 g/mol. The second-order valence-electron chi connectivity index (χ2n) is 9.61. The Labute approximate surface area is 256 Å². The molecule has 1 aliphatic rings. The van der Waals surface area contributed by atoms with Crippen LogP contribution in [-0.2, 0) is 32.6 Å². The Morgan fingerprint density at radius 2 is 1.62 bits per heavy atom. The monoisotopic (exact) mass is 633 g/mol. The van der Waals surface area contributed by atoms with Gasteiger partial charge in [-0.05, 0) is 49.2 Å². The highest BCUT2D eigenvalue weighted by atomic mass is 35.5. The van der Waals surface area contributed by atoms with Crippen LogP contribution in [0.3, 0.4) is 0 Å². The Kier molecular flexibility index (Phi) is 10.6. The first-order valence-corrected chi connectivity index (χ1v) is 15.9. The molecule has 0 unspecified atom stereocenters. The van der Waals surface area contributed by atoms with Crippen molar-refractivity contribution in [2.24, 2.45) is 0 Å². The Morgan fingerprint density at radius 3 is 2.29 bits per heavy atom. The lowest BCUT2D eigenvalue weighted by atomic mass is 10.0. The number of likely N-dealkylation sites (N-methyl/N-ethyl adjacent to an activating group) is 1. The molecule has 0 aliphatic carbocycles. The fraction of sp³-hybridized carbons (Fsp3) is 0.333. The molecular formula is C30H33Cl2N3O6S. The van der Waals surface area contributed by atoms with Gasteiger partial charge in [-0.1, -0.05) is 59.6 Å². The van der Waals surface area contributed by atoms with Gasteiger partial charge in [-0.15, -0.1) is 0 Å². The number of ether oxygens (including phenoxy) is 2. The number of amides is 2. The molecule has 224 valence electrons. The maximum absolute atomic E-state index is 14.2. The molecule has 9 nitrogen and oxygen atoms in total. The summed E-state index contributed by atoms with van der Waals surface area (Å²) in [7, 11) is -3.92. The minimum Gasteiger partial charge on any atom is -0.486 e. The van der Waals surface area contributed by atoms with E-state index < -0.39 is 28.5 Å². The zero-order chi connectivity index (χ0) is 30.3. The Hall–Kier alpha value is -3.47. The first-order valence-electron chi connectivity index (χ1n) is 13.6. The Morgan fingerprint density at radius 1 is 0.905 bits per heavy atom. The van der Waals surface area contributed by atoms with Crippen LogP contribution in [0.15, 0.2) is 66.7 Å². The van der Waals surface area contributed by atoms with Crippen molar-refractivity contribution in [3.8, 4) is 11.5 Å². The number of anilines is 1. The highest BCUT2D eigenvalue weighted by molar-refractivity contribution is 7.92. The molecule has 1 aliphatic heterocycles. The van der Waals surface area contributed by atoms with Crippen molar-refractivity contribution < 1.29 is 27.5 Å². The minimum absolute atomic E-state index is 0.00842. The summed E-state index contributed by atoms with van der Waals surface area (Å²) in [5.74, 6) is -0.296. The lowest BCUT2D eigenvalue weighted by Crippen LogP contribution is -2.53. The molecule has 42 heavy (non-hydrogen) atoms. The number of nitrogens with zero attached hydrogens (tertiary/aromatic N) is 2. The maximum Gasteiger partial charge on any atom is 0.244 e. The van der Waals surface area contributed by atoms with Crippen molar-refractivity contribution in [2.75, 3.05) is 36.4 Å². The van der Waals surface area contributed by atoms with Crippen LogP contribution in [0.25, 0.3) is 0 Å². The second kappa shape index (κ2) is 14.1. The highest BCUT2D eigenvalue weighted by Gasteiger charge is 2.34.